The van der Waals surface area contributed by atoms with Crippen LogP contribution < -0.4 is 15.5 Å². The number of benzene rings is 1. The summed E-state index contributed by atoms with van der Waals surface area (Å²) in [5.41, 5.74) is 1.60. The molecule has 0 spiro atoms. The quantitative estimate of drug-likeness (QED) is 0.894. The number of halogens is 1. The molecule has 0 saturated carbocycles. The molecule has 6 nitrogen and oxygen atoms in total. The number of aromatic nitrogens is 2. The van der Waals surface area contributed by atoms with E-state index in [-0.39, 0.29) is 12.4 Å². The molecule has 1 fully saturated rings. The van der Waals surface area contributed by atoms with Crippen LogP contribution in [0.3, 0.4) is 0 Å². The summed E-state index contributed by atoms with van der Waals surface area (Å²) in [5.74, 6) is 0.361. The van der Waals surface area contributed by atoms with Gasteiger partial charge in [0.1, 0.15) is 5.82 Å². The van der Waals surface area contributed by atoms with Gasteiger partial charge in [0.2, 0.25) is 5.95 Å². The van der Waals surface area contributed by atoms with Crippen LogP contribution in [0, 0.1) is 12.7 Å². The van der Waals surface area contributed by atoms with E-state index in [4.69, 9.17) is 0 Å². The molecule has 0 radical (unpaired) electrons. The van der Waals surface area contributed by atoms with Gasteiger partial charge < -0.3 is 15.5 Å². The number of anilines is 2. The van der Waals surface area contributed by atoms with E-state index in [2.05, 4.69) is 25.5 Å². The molecule has 25 heavy (non-hydrogen) atoms. The Balaban J connectivity index is 1.57. The zero-order valence-electron chi connectivity index (χ0n) is 14.3. The summed E-state index contributed by atoms with van der Waals surface area (Å²) in [7, 11) is 0. The normalized spacial score (nSPS) is 14.2. The van der Waals surface area contributed by atoms with Gasteiger partial charge in [0, 0.05) is 30.5 Å². The molecule has 2 amide bonds. The molecular formula is C18H22FN5O. The molecule has 1 aromatic carbocycles. The number of amides is 2. The Bertz CT molecular complexity index is 746. The third kappa shape index (κ3) is 4.43. The molecule has 3 rings (SSSR count). The van der Waals surface area contributed by atoms with Gasteiger partial charge in [-0.1, -0.05) is 6.07 Å². The molecule has 1 aliphatic heterocycles. The lowest BCUT2D eigenvalue weighted by Crippen LogP contribution is -2.32. The fourth-order valence-electron chi connectivity index (χ4n) is 2.81. The standard InChI is InChI=1S/C18H22FN5O/c1-13-15(19)6-5-7-16(13)23-18(25)21-12-14-8-9-20-17(22-14)24-10-3-2-4-11-24/h5-9H,2-4,10-12H2,1H3,(H2,21,23,25). The number of hydrogen-bond acceptors (Lipinski definition) is 4. The van der Waals surface area contributed by atoms with Gasteiger partial charge in [-0.2, -0.15) is 0 Å². The number of nitrogens with one attached hydrogen (secondary N) is 2. The number of carbonyl (C=O) groups excluding carboxylic acids is 1. The fraction of sp³-hybridized carbons (Fsp3) is 0.389. The fourth-order valence-corrected chi connectivity index (χ4v) is 2.81. The van der Waals surface area contributed by atoms with E-state index in [9.17, 15) is 9.18 Å². The Hall–Kier alpha value is -2.70. The topological polar surface area (TPSA) is 70.2 Å². The van der Waals surface area contributed by atoms with E-state index in [0.717, 1.165) is 31.6 Å². The van der Waals surface area contributed by atoms with Crippen LogP contribution in [0.15, 0.2) is 30.5 Å². The highest BCUT2D eigenvalue weighted by molar-refractivity contribution is 5.89. The number of urea groups is 1. The first-order chi connectivity index (χ1) is 12.1. The van der Waals surface area contributed by atoms with Crippen molar-refractivity contribution in [3.63, 3.8) is 0 Å². The summed E-state index contributed by atoms with van der Waals surface area (Å²) in [5, 5.41) is 5.40. The van der Waals surface area contributed by atoms with Crippen LogP contribution in [-0.4, -0.2) is 29.1 Å². The molecule has 1 aliphatic rings. The Kier molecular flexibility index (Phi) is 5.42. The number of hydrogen-bond donors (Lipinski definition) is 2. The monoisotopic (exact) mass is 343 g/mol. The lowest BCUT2D eigenvalue weighted by atomic mass is 10.1. The van der Waals surface area contributed by atoms with Crippen LogP contribution in [0.25, 0.3) is 0 Å². The summed E-state index contributed by atoms with van der Waals surface area (Å²) >= 11 is 0. The van der Waals surface area contributed by atoms with Gasteiger partial charge in [-0.05, 0) is 44.4 Å². The first kappa shape index (κ1) is 17.1. The molecule has 0 unspecified atom stereocenters. The van der Waals surface area contributed by atoms with Crippen LogP contribution in [-0.2, 0) is 6.54 Å². The van der Waals surface area contributed by atoms with Crippen molar-refractivity contribution in [2.75, 3.05) is 23.3 Å². The van der Waals surface area contributed by atoms with Crippen molar-refractivity contribution in [2.45, 2.75) is 32.7 Å². The van der Waals surface area contributed by atoms with Crippen LogP contribution in [0.5, 0.6) is 0 Å². The van der Waals surface area contributed by atoms with Crippen molar-refractivity contribution in [2.24, 2.45) is 0 Å². The smallest absolute Gasteiger partial charge is 0.319 e. The van der Waals surface area contributed by atoms with E-state index in [1.165, 1.54) is 12.5 Å². The molecule has 2 heterocycles. The summed E-state index contributed by atoms with van der Waals surface area (Å²) < 4.78 is 13.5. The van der Waals surface area contributed by atoms with Gasteiger partial charge in [-0.25, -0.2) is 19.2 Å². The van der Waals surface area contributed by atoms with Crippen LogP contribution in [0.4, 0.5) is 20.8 Å². The van der Waals surface area contributed by atoms with Crippen molar-refractivity contribution >= 4 is 17.7 Å². The second kappa shape index (κ2) is 7.92. The van der Waals surface area contributed by atoms with Gasteiger partial charge in [0.25, 0.3) is 0 Å². The zero-order chi connectivity index (χ0) is 17.6. The minimum Gasteiger partial charge on any atom is -0.341 e. The third-order valence-electron chi connectivity index (χ3n) is 4.29. The Morgan fingerprint density at radius 2 is 2.04 bits per heavy atom. The average Bonchev–Trinajstić information content (AvgIpc) is 2.65. The maximum Gasteiger partial charge on any atom is 0.319 e. The predicted molar refractivity (Wildman–Crippen MR) is 95.1 cm³/mol. The van der Waals surface area contributed by atoms with Crippen LogP contribution in [0.2, 0.25) is 0 Å². The third-order valence-corrected chi connectivity index (χ3v) is 4.29. The highest BCUT2D eigenvalue weighted by Gasteiger charge is 2.14. The second-order valence-electron chi connectivity index (χ2n) is 6.12. The summed E-state index contributed by atoms with van der Waals surface area (Å²) in [4.78, 5) is 23.1. The minimum atomic E-state index is -0.396. The molecule has 0 atom stereocenters. The molecule has 1 aromatic heterocycles. The van der Waals surface area contributed by atoms with Crippen molar-refractivity contribution in [3.8, 4) is 0 Å². The molecular weight excluding hydrogens is 321 g/mol. The zero-order valence-corrected chi connectivity index (χ0v) is 14.3. The van der Waals surface area contributed by atoms with Crippen molar-refractivity contribution in [1.82, 2.24) is 15.3 Å². The van der Waals surface area contributed by atoms with E-state index in [1.54, 1.807) is 31.3 Å². The highest BCUT2D eigenvalue weighted by Crippen LogP contribution is 2.17. The lowest BCUT2D eigenvalue weighted by molar-refractivity contribution is 0.251. The predicted octanol–water partition coefficient (Wildman–Crippen LogP) is 3.24. The van der Waals surface area contributed by atoms with Crippen LogP contribution in [0.1, 0.15) is 30.5 Å². The molecule has 132 valence electrons. The Morgan fingerprint density at radius 3 is 2.84 bits per heavy atom. The summed E-state index contributed by atoms with van der Waals surface area (Å²) in [6, 6.07) is 5.97. The highest BCUT2D eigenvalue weighted by atomic mass is 19.1. The number of piperidine rings is 1. The lowest BCUT2D eigenvalue weighted by Gasteiger charge is -2.26. The largest absolute Gasteiger partial charge is 0.341 e. The second-order valence-corrected chi connectivity index (χ2v) is 6.12. The van der Waals surface area contributed by atoms with Crippen molar-refractivity contribution in [3.05, 3.63) is 47.5 Å². The minimum absolute atomic E-state index is 0.281. The van der Waals surface area contributed by atoms with E-state index in [0.29, 0.717) is 17.2 Å². The Labute approximate surface area is 146 Å². The van der Waals surface area contributed by atoms with Crippen molar-refractivity contribution < 1.29 is 9.18 Å². The number of carbonyl (C=O) groups is 1. The van der Waals surface area contributed by atoms with E-state index in [1.807, 2.05) is 0 Å². The first-order valence-corrected chi connectivity index (χ1v) is 8.50. The van der Waals surface area contributed by atoms with Crippen molar-refractivity contribution in [1.29, 1.82) is 0 Å². The van der Waals surface area contributed by atoms with Gasteiger partial charge in [0.05, 0.1) is 12.2 Å². The summed E-state index contributed by atoms with van der Waals surface area (Å²) in [6.45, 7) is 3.84. The van der Waals surface area contributed by atoms with Crippen LogP contribution >= 0.6 is 0 Å². The van der Waals surface area contributed by atoms with Gasteiger partial charge in [-0.3, -0.25) is 0 Å². The SMILES string of the molecule is Cc1c(F)cccc1NC(=O)NCc1ccnc(N2CCCCC2)n1. The van der Waals surface area contributed by atoms with Gasteiger partial charge in [-0.15, -0.1) is 0 Å². The van der Waals surface area contributed by atoms with E-state index >= 15 is 0 Å². The number of rotatable bonds is 4. The maximum absolute atomic E-state index is 13.5. The Morgan fingerprint density at radius 1 is 1.24 bits per heavy atom. The molecule has 7 heteroatoms. The maximum atomic E-state index is 13.5. The molecule has 2 N–H and O–H groups in total. The first-order valence-electron chi connectivity index (χ1n) is 8.50. The molecule has 2 aromatic rings. The van der Waals surface area contributed by atoms with Gasteiger partial charge in [0.15, 0.2) is 0 Å². The molecule has 1 saturated heterocycles. The summed E-state index contributed by atoms with van der Waals surface area (Å²) in [6.07, 6.45) is 5.27. The van der Waals surface area contributed by atoms with E-state index < -0.39 is 6.03 Å². The van der Waals surface area contributed by atoms with Gasteiger partial charge >= 0.3 is 6.03 Å². The average molecular weight is 343 g/mol. The number of nitrogens with zero attached hydrogens (tertiary/aromatic N) is 3. The molecule has 0 bridgehead atoms. The molecule has 0 aliphatic carbocycles.